The minimum absolute atomic E-state index is 0.234. The number of allylic oxidation sites excluding steroid dienone is 2. The Bertz CT molecular complexity index is 878. The fourth-order valence-electron chi connectivity index (χ4n) is 3.42. The Morgan fingerprint density at radius 3 is 2.79 bits per heavy atom. The Hall–Kier alpha value is -2.67. The summed E-state index contributed by atoms with van der Waals surface area (Å²) in [6.45, 7) is 4.53. The molecule has 1 atom stereocenters. The fourth-order valence-corrected chi connectivity index (χ4v) is 3.42. The standard InChI is InChI=1S/C23H26BNO4/c1-17(16-28-2)21-12-13-24(27)29-23(21)11-8-19(22-5-3-4-14-25-22)15-18-6-9-20(26)10-7-18/h3-7,9-10,12,14-15,23,26-27H,1,8,11,13,16H2,2H3/b19-15-. The van der Waals surface area contributed by atoms with Gasteiger partial charge in [-0.25, -0.2) is 0 Å². The van der Waals surface area contributed by atoms with Gasteiger partial charge in [-0.1, -0.05) is 30.9 Å². The van der Waals surface area contributed by atoms with E-state index in [9.17, 15) is 10.1 Å². The van der Waals surface area contributed by atoms with Gasteiger partial charge in [-0.15, -0.1) is 0 Å². The Morgan fingerprint density at radius 2 is 2.10 bits per heavy atom. The number of pyridine rings is 1. The van der Waals surface area contributed by atoms with Crippen molar-refractivity contribution < 1.29 is 19.5 Å². The summed E-state index contributed by atoms with van der Waals surface area (Å²) in [6.07, 6.45) is 7.39. The Kier molecular flexibility index (Phi) is 7.41. The van der Waals surface area contributed by atoms with Crippen molar-refractivity contribution >= 4 is 18.8 Å². The zero-order chi connectivity index (χ0) is 20.6. The first kappa shape index (κ1) is 21.1. The molecule has 0 fully saturated rings. The monoisotopic (exact) mass is 391 g/mol. The molecule has 150 valence electrons. The summed E-state index contributed by atoms with van der Waals surface area (Å²) >= 11 is 0. The van der Waals surface area contributed by atoms with Gasteiger partial charge in [0.15, 0.2) is 0 Å². The van der Waals surface area contributed by atoms with E-state index in [1.165, 1.54) is 0 Å². The van der Waals surface area contributed by atoms with Crippen molar-refractivity contribution in [3.05, 3.63) is 83.7 Å². The van der Waals surface area contributed by atoms with Gasteiger partial charge in [0.05, 0.1) is 18.4 Å². The first-order valence-electron chi connectivity index (χ1n) is 9.68. The van der Waals surface area contributed by atoms with Crippen molar-refractivity contribution in [2.45, 2.75) is 25.3 Å². The van der Waals surface area contributed by atoms with Crippen LogP contribution in [-0.4, -0.2) is 42.1 Å². The lowest BCUT2D eigenvalue weighted by molar-refractivity contribution is 0.177. The van der Waals surface area contributed by atoms with Crippen molar-refractivity contribution in [3.8, 4) is 5.75 Å². The van der Waals surface area contributed by atoms with Crippen molar-refractivity contribution in [3.63, 3.8) is 0 Å². The summed E-state index contributed by atoms with van der Waals surface area (Å²) in [7, 11) is 0.831. The lowest BCUT2D eigenvalue weighted by Crippen LogP contribution is -2.32. The molecule has 5 nitrogen and oxygen atoms in total. The number of methoxy groups -OCH3 is 1. The van der Waals surface area contributed by atoms with Crippen LogP contribution in [0.15, 0.2) is 72.5 Å². The molecule has 0 saturated carbocycles. The van der Waals surface area contributed by atoms with Crippen LogP contribution in [0.5, 0.6) is 5.75 Å². The van der Waals surface area contributed by atoms with E-state index in [0.29, 0.717) is 25.8 Å². The molecule has 29 heavy (non-hydrogen) atoms. The van der Waals surface area contributed by atoms with Crippen LogP contribution in [0.25, 0.3) is 11.6 Å². The number of hydrogen-bond acceptors (Lipinski definition) is 5. The van der Waals surface area contributed by atoms with Crippen LogP contribution >= 0.6 is 0 Å². The summed E-state index contributed by atoms with van der Waals surface area (Å²) in [6, 6.07) is 12.9. The molecule has 6 heteroatoms. The van der Waals surface area contributed by atoms with Gasteiger partial charge in [0.1, 0.15) is 5.75 Å². The molecule has 0 radical (unpaired) electrons. The predicted octanol–water partition coefficient (Wildman–Crippen LogP) is 4.12. The molecule has 3 rings (SSSR count). The van der Waals surface area contributed by atoms with E-state index in [1.54, 1.807) is 25.4 Å². The van der Waals surface area contributed by atoms with Gasteiger partial charge in [0, 0.05) is 19.6 Å². The highest BCUT2D eigenvalue weighted by molar-refractivity contribution is 6.43. The van der Waals surface area contributed by atoms with Crippen LogP contribution in [0.3, 0.4) is 0 Å². The molecule has 0 saturated heterocycles. The summed E-state index contributed by atoms with van der Waals surface area (Å²) in [5.74, 6) is 0.234. The number of nitrogens with zero attached hydrogens (tertiary/aromatic N) is 1. The third-order valence-electron chi connectivity index (χ3n) is 4.84. The normalized spacial score (nSPS) is 17.2. The van der Waals surface area contributed by atoms with Crippen LogP contribution in [0.1, 0.15) is 24.1 Å². The van der Waals surface area contributed by atoms with Crippen LogP contribution in [-0.2, 0) is 9.39 Å². The average Bonchev–Trinajstić information content (AvgIpc) is 2.73. The number of ether oxygens (including phenoxy) is 1. The minimum Gasteiger partial charge on any atom is -0.508 e. The summed E-state index contributed by atoms with van der Waals surface area (Å²) < 4.78 is 11.0. The van der Waals surface area contributed by atoms with Gasteiger partial charge in [0.25, 0.3) is 0 Å². The van der Waals surface area contributed by atoms with Gasteiger partial charge < -0.3 is 19.5 Å². The second-order valence-electron chi connectivity index (χ2n) is 7.03. The SMILES string of the molecule is C=C(COC)C1=CCB(O)OC1CC/C(=C/c1ccc(O)cc1)c1ccccn1. The van der Waals surface area contributed by atoms with Crippen molar-refractivity contribution in [1.29, 1.82) is 0 Å². The molecule has 1 aromatic carbocycles. The highest BCUT2D eigenvalue weighted by Gasteiger charge is 2.28. The molecular weight excluding hydrogens is 365 g/mol. The van der Waals surface area contributed by atoms with E-state index in [0.717, 1.165) is 28.0 Å². The molecule has 1 unspecified atom stereocenters. The molecular formula is C23H26BNO4. The first-order chi connectivity index (χ1) is 14.1. The van der Waals surface area contributed by atoms with Crippen molar-refractivity contribution in [2.24, 2.45) is 0 Å². The average molecular weight is 391 g/mol. The van der Waals surface area contributed by atoms with E-state index >= 15 is 0 Å². The molecule has 2 N–H and O–H groups in total. The highest BCUT2D eigenvalue weighted by Crippen LogP contribution is 2.30. The second kappa shape index (κ2) is 10.2. The third kappa shape index (κ3) is 5.90. The quantitative estimate of drug-likeness (QED) is 0.663. The molecule has 0 aliphatic carbocycles. The van der Waals surface area contributed by atoms with Gasteiger partial charge >= 0.3 is 7.12 Å². The zero-order valence-electron chi connectivity index (χ0n) is 16.6. The maximum Gasteiger partial charge on any atom is 0.458 e. The minimum atomic E-state index is -0.807. The molecule has 1 aromatic heterocycles. The predicted molar refractivity (Wildman–Crippen MR) is 116 cm³/mol. The maximum atomic E-state index is 9.97. The molecule has 0 amide bonds. The second-order valence-corrected chi connectivity index (χ2v) is 7.03. The smallest absolute Gasteiger partial charge is 0.458 e. The molecule has 2 heterocycles. The molecule has 0 spiro atoms. The zero-order valence-corrected chi connectivity index (χ0v) is 16.6. The van der Waals surface area contributed by atoms with Gasteiger partial charge in [0.2, 0.25) is 0 Å². The first-order valence-corrected chi connectivity index (χ1v) is 9.68. The van der Waals surface area contributed by atoms with E-state index in [1.807, 2.05) is 36.4 Å². The molecule has 1 aliphatic heterocycles. The maximum absolute atomic E-state index is 9.97. The largest absolute Gasteiger partial charge is 0.508 e. The summed E-state index contributed by atoms with van der Waals surface area (Å²) in [5.41, 5.74) is 4.77. The number of rotatable bonds is 8. The Morgan fingerprint density at radius 1 is 1.31 bits per heavy atom. The summed E-state index contributed by atoms with van der Waals surface area (Å²) in [5, 5.41) is 19.5. The van der Waals surface area contributed by atoms with Crippen LogP contribution < -0.4 is 0 Å². The van der Waals surface area contributed by atoms with E-state index in [2.05, 4.69) is 17.6 Å². The Labute approximate surface area is 172 Å². The molecule has 2 aromatic rings. The van der Waals surface area contributed by atoms with E-state index in [-0.39, 0.29) is 11.9 Å². The topological polar surface area (TPSA) is 71.8 Å². The number of aromatic nitrogens is 1. The van der Waals surface area contributed by atoms with Gasteiger partial charge in [-0.05, 0) is 65.5 Å². The van der Waals surface area contributed by atoms with Gasteiger partial charge in [-0.3, -0.25) is 4.98 Å². The highest BCUT2D eigenvalue weighted by atomic mass is 16.5. The lowest BCUT2D eigenvalue weighted by Gasteiger charge is -2.28. The van der Waals surface area contributed by atoms with E-state index < -0.39 is 7.12 Å². The number of benzene rings is 1. The number of phenolic OH excluding ortho intramolecular Hbond substituents is 1. The van der Waals surface area contributed by atoms with Crippen molar-refractivity contribution in [2.75, 3.05) is 13.7 Å². The fraction of sp³-hybridized carbons (Fsp3) is 0.261. The third-order valence-corrected chi connectivity index (χ3v) is 4.84. The lowest BCUT2D eigenvalue weighted by atomic mass is 9.78. The van der Waals surface area contributed by atoms with Crippen LogP contribution in [0.2, 0.25) is 6.32 Å². The number of phenols is 1. The Balaban J connectivity index is 1.82. The van der Waals surface area contributed by atoms with E-state index in [4.69, 9.17) is 9.39 Å². The van der Waals surface area contributed by atoms with Gasteiger partial charge in [-0.2, -0.15) is 0 Å². The number of hydrogen-bond donors (Lipinski definition) is 2. The summed E-state index contributed by atoms with van der Waals surface area (Å²) in [4.78, 5) is 4.50. The van der Waals surface area contributed by atoms with Crippen molar-refractivity contribution in [1.82, 2.24) is 4.98 Å². The van der Waals surface area contributed by atoms with Crippen LogP contribution in [0, 0.1) is 0 Å². The number of aromatic hydroxyl groups is 1. The van der Waals surface area contributed by atoms with Crippen LogP contribution in [0.4, 0.5) is 0 Å². The molecule has 0 bridgehead atoms. The molecule has 1 aliphatic rings.